The summed E-state index contributed by atoms with van der Waals surface area (Å²) in [4.78, 5) is 0. The van der Waals surface area contributed by atoms with E-state index in [1.165, 1.54) is 38.6 Å². The molecule has 0 spiro atoms. The molecular weight excluding hydrogens is 206 g/mol. The summed E-state index contributed by atoms with van der Waals surface area (Å²) < 4.78 is 0. The van der Waals surface area contributed by atoms with Gasteiger partial charge in [-0.05, 0) is 55.5 Å². The topological polar surface area (TPSA) is 12.0 Å². The summed E-state index contributed by atoms with van der Waals surface area (Å²) in [6.45, 7) is 14.2. The van der Waals surface area contributed by atoms with Crippen LogP contribution in [-0.2, 0) is 0 Å². The second-order valence-electron chi connectivity index (χ2n) is 6.99. The summed E-state index contributed by atoms with van der Waals surface area (Å²) in [7, 11) is 0. The molecule has 0 aromatic carbocycles. The highest BCUT2D eigenvalue weighted by molar-refractivity contribution is 4.86. The first-order valence-electron chi connectivity index (χ1n) is 7.69. The van der Waals surface area contributed by atoms with Crippen molar-refractivity contribution in [2.24, 2.45) is 23.2 Å². The maximum absolute atomic E-state index is 3.56. The van der Waals surface area contributed by atoms with Crippen molar-refractivity contribution in [3.63, 3.8) is 0 Å². The van der Waals surface area contributed by atoms with Crippen molar-refractivity contribution >= 4 is 0 Å². The molecule has 1 nitrogen and oxygen atoms in total. The quantitative estimate of drug-likeness (QED) is 0.746. The van der Waals surface area contributed by atoms with Gasteiger partial charge in [0, 0.05) is 0 Å². The van der Waals surface area contributed by atoms with Gasteiger partial charge in [-0.3, -0.25) is 0 Å². The van der Waals surface area contributed by atoms with Crippen molar-refractivity contribution in [1.29, 1.82) is 0 Å². The van der Waals surface area contributed by atoms with Gasteiger partial charge in [0.05, 0.1) is 0 Å². The van der Waals surface area contributed by atoms with Crippen molar-refractivity contribution in [2.45, 2.75) is 66.7 Å². The zero-order valence-electron chi connectivity index (χ0n) is 12.7. The van der Waals surface area contributed by atoms with Gasteiger partial charge in [0.2, 0.25) is 0 Å². The first-order chi connectivity index (χ1) is 7.99. The minimum atomic E-state index is 0.509. The summed E-state index contributed by atoms with van der Waals surface area (Å²) in [6.07, 6.45) is 7.14. The second kappa shape index (κ2) is 6.78. The average Bonchev–Trinajstić information content (AvgIpc) is 2.26. The molecule has 0 heterocycles. The van der Waals surface area contributed by atoms with Gasteiger partial charge in [-0.25, -0.2) is 0 Å². The lowest BCUT2D eigenvalue weighted by atomic mass is 9.64. The van der Waals surface area contributed by atoms with Gasteiger partial charge in [0.25, 0.3) is 0 Å². The van der Waals surface area contributed by atoms with Crippen LogP contribution in [0, 0.1) is 23.2 Å². The Labute approximate surface area is 109 Å². The fourth-order valence-electron chi connectivity index (χ4n) is 3.44. The maximum atomic E-state index is 3.56. The predicted octanol–water partition coefficient (Wildman–Crippen LogP) is 4.47. The molecule has 1 saturated carbocycles. The van der Waals surface area contributed by atoms with Crippen molar-refractivity contribution in [1.82, 2.24) is 5.32 Å². The van der Waals surface area contributed by atoms with Crippen molar-refractivity contribution in [3.05, 3.63) is 0 Å². The second-order valence-corrected chi connectivity index (χ2v) is 6.99. The normalized spacial score (nSPS) is 30.5. The minimum absolute atomic E-state index is 0.509. The van der Waals surface area contributed by atoms with Crippen LogP contribution in [-0.4, -0.2) is 13.1 Å². The Morgan fingerprint density at radius 1 is 1.06 bits per heavy atom. The van der Waals surface area contributed by atoms with Crippen LogP contribution in [0.15, 0.2) is 0 Å². The van der Waals surface area contributed by atoms with Gasteiger partial charge in [0.15, 0.2) is 0 Å². The highest BCUT2D eigenvalue weighted by Gasteiger charge is 2.34. The molecule has 1 aliphatic rings. The molecule has 0 bridgehead atoms. The summed E-state index contributed by atoms with van der Waals surface area (Å²) in [5.41, 5.74) is 0.509. The Hall–Kier alpha value is -0.0400. The van der Waals surface area contributed by atoms with E-state index in [1.54, 1.807) is 0 Å². The molecule has 0 aliphatic heterocycles. The molecule has 1 N–H and O–H groups in total. The number of nitrogens with one attached hydrogen (secondary N) is 1. The highest BCUT2D eigenvalue weighted by Crippen LogP contribution is 2.43. The molecular formula is C16H33N. The Morgan fingerprint density at radius 3 is 2.29 bits per heavy atom. The van der Waals surface area contributed by atoms with Crippen LogP contribution < -0.4 is 5.32 Å². The van der Waals surface area contributed by atoms with Crippen molar-refractivity contribution in [2.75, 3.05) is 13.1 Å². The molecule has 1 rings (SSSR count). The Balaban J connectivity index is 2.54. The number of hydrogen-bond donors (Lipinski definition) is 1. The van der Waals surface area contributed by atoms with Gasteiger partial charge >= 0.3 is 0 Å². The van der Waals surface area contributed by atoms with Crippen LogP contribution in [0.5, 0.6) is 0 Å². The van der Waals surface area contributed by atoms with Crippen LogP contribution in [0.25, 0.3) is 0 Å². The highest BCUT2D eigenvalue weighted by atomic mass is 14.8. The molecule has 0 radical (unpaired) electrons. The minimum Gasteiger partial charge on any atom is -0.317 e. The molecule has 3 unspecified atom stereocenters. The Morgan fingerprint density at radius 2 is 1.76 bits per heavy atom. The number of hydrogen-bond acceptors (Lipinski definition) is 1. The van der Waals surface area contributed by atoms with E-state index in [-0.39, 0.29) is 0 Å². The SMILES string of the molecule is CCCC1CC(C(C)(C)C)CCC1CNCC. The first kappa shape index (κ1) is 15.0. The van der Waals surface area contributed by atoms with E-state index < -0.39 is 0 Å². The van der Waals surface area contributed by atoms with Gasteiger partial charge in [-0.2, -0.15) is 0 Å². The van der Waals surface area contributed by atoms with E-state index in [1.807, 2.05) is 0 Å². The van der Waals surface area contributed by atoms with Gasteiger partial charge in [0.1, 0.15) is 0 Å². The van der Waals surface area contributed by atoms with E-state index in [0.29, 0.717) is 5.41 Å². The van der Waals surface area contributed by atoms with Gasteiger partial charge < -0.3 is 5.32 Å². The summed E-state index contributed by atoms with van der Waals surface area (Å²) in [5.74, 6) is 2.85. The Kier molecular flexibility index (Phi) is 5.99. The molecule has 0 aromatic heterocycles. The largest absolute Gasteiger partial charge is 0.317 e. The van der Waals surface area contributed by atoms with E-state index in [0.717, 1.165) is 24.3 Å². The third-order valence-electron chi connectivity index (χ3n) is 4.68. The van der Waals surface area contributed by atoms with E-state index in [4.69, 9.17) is 0 Å². The molecule has 17 heavy (non-hydrogen) atoms. The smallest absolute Gasteiger partial charge is 0.00180 e. The molecule has 0 aromatic rings. The van der Waals surface area contributed by atoms with Gasteiger partial charge in [-0.15, -0.1) is 0 Å². The molecule has 0 saturated heterocycles. The lowest BCUT2D eigenvalue weighted by Gasteiger charge is -2.42. The first-order valence-corrected chi connectivity index (χ1v) is 7.69. The van der Waals surface area contributed by atoms with E-state index in [9.17, 15) is 0 Å². The molecule has 1 aliphatic carbocycles. The standard InChI is InChI=1S/C16H33N/c1-6-8-13-11-15(16(3,4)5)10-9-14(13)12-17-7-2/h13-15,17H,6-12H2,1-5H3. The third-order valence-corrected chi connectivity index (χ3v) is 4.68. The van der Waals surface area contributed by atoms with E-state index in [2.05, 4.69) is 39.9 Å². The zero-order chi connectivity index (χ0) is 12.9. The van der Waals surface area contributed by atoms with Crippen molar-refractivity contribution < 1.29 is 0 Å². The van der Waals surface area contributed by atoms with Crippen LogP contribution in [0.4, 0.5) is 0 Å². The fraction of sp³-hybridized carbons (Fsp3) is 1.00. The van der Waals surface area contributed by atoms with Crippen LogP contribution in [0.1, 0.15) is 66.7 Å². The average molecular weight is 239 g/mol. The van der Waals surface area contributed by atoms with E-state index >= 15 is 0 Å². The van der Waals surface area contributed by atoms with Crippen molar-refractivity contribution in [3.8, 4) is 0 Å². The molecule has 1 fully saturated rings. The van der Waals surface area contributed by atoms with Crippen LogP contribution >= 0.6 is 0 Å². The molecule has 3 atom stereocenters. The monoisotopic (exact) mass is 239 g/mol. The van der Waals surface area contributed by atoms with Gasteiger partial charge in [-0.1, -0.05) is 47.5 Å². The zero-order valence-corrected chi connectivity index (χ0v) is 12.7. The third kappa shape index (κ3) is 4.62. The summed E-state index contributed by atoms with van der Waals surface area (Å²) >= 11 is 0. The van der Waals surface area contributed by atoms with Crippen LogP contribution in [0.3, 0.4) is 0 Å². The lowest BCUT2D eigenvalue weighted by molar-refractivity contribution is 0.0924. The van der Waals surface area contributed by atoms with Crippen LogP contribution in [0.2, 0.25) is 0 Å². The molecule has 1 heteroatoms. The lowest BCUT2D eigenvalue weighted by Crippen LogP contribution is -2.36. The fourth-order valence-corrected chi connectivity index (χ4v) is 3.44. The number of rotatable bonds is 5. The molecule has 102 valence electrons. The maximum Gasteiger partial charge on any atom is -0.00180 e. The predicted molar refractivity (Wildman–Crippen MR) is 77.2 cm³/mol. The Bertz CT molecular complexity index is 204. The summed E-state index contributed by atoms with van der Waals surface area (Å²) in [5, 5.41) is 3.56. The molecule has 0 amide bonds. The summed E-state index contributed by atoms with van der Waals surface area (Å²) in [6, 6.07) is 0.